The topological polar surface area (TPSA) is 105 Å². The van der Waals surface area contributed by atoms with Crippen LogP contribution in [0.3, 0.4) is 0 Å². The number of hydrogen-bond acceptors (Lipinski definition) is 8. The van der Waals surface area contributed by atoms with Gasteiger partial charge in [-0.05, 0) is 54.6 Å². The van der Waals surface area contributed by atoms with Gasteiger partial charge >= 0.3 is 0 Å². The third kappa shape index (κ3) is 5.82. The highest BCUT2D eigenvalue weighted by Gasteiger charge is 2.34. The number of rotatable bonds is 6. The van der Waals surface area contributed by atoms with E-state index in [4.69, 9.17) is 17.0 Å². The number of non-ortho nitro benzene ring substituents is 1. The molecule has 3 aromatic rings. The monoisotopic (exact) mass is 564 g/mol. The molecule has 0 atom stereocenters. The van der Waals surface area contributed by atoms with Crippen molar-refractivity contribution in [3.63, 3.8) is 0 Å². The van der Waals surface area contributed by atoms with Crippen molar-refractivity contribution in [2.45, 2.75) is 0 Å². The van der Waals surface area contributed by atoms with Gasteiger partial charge in [-0.1, -0.05) is 30.0 Å². The van der Waals surface area contributed by atoms with E-state index >= 15 is 0 Å². The molecule has 1 N–H and O–H groups in total. The van der Waals surface area contributed by atoms with E-state index in [0.717, 1.165) is 17.4 Å². The average Bonchev–Trinajstić information content (AvgIpc) is 3.22. The predicted molar refractivity (Wildman–Crippen MR) is 153 cm³/mol. The number of benzene rings is 3. The number of carbonyl (C=O) groups is 2. The van der Waals surface area contributed by atoms with Crippen LogP contribution in [0.25, 0.3) is 6.08 Å². The molecule has 0 radical (unpaired) electrons. The first-order valence-electron chi connectivity index (χ1n) is 11.9. The molecule has 0 aliphatic carbocycles. The van der Waals surface area contributed by atoms with Crippen molar-refractivity contribution in [2.24, 2.45) is 0 Å². The molecule has 12 heteroatoms. The molecular formula is C27H21FN4O5S2. The zero-order chi connectivity index (χ0) is 27.5. The van der Waals surface area contributed by atoms with E-state index in [1.54, 1.807) is 36.4 Å². The molecule has 0 bridgehead atoms. The summed E-state index contributed by atoms with van der Waals surface area (Å²) < 4.78 is 18.9. The van der Waals surface area contributed by atoms with Gasteiger partial charge in [-0.3, -0.25) is 24.6 Å². The minimum atomic E-state index is -0.478. The fourth-order valence-corrected chi connectivity index (χ4v) is 5.51. The van der Waals surface area contributed by atoms with Gasteiger partial charge in [0, 0.05) is 47.7 Å². The molecule has 0 aromatic heterocycles. The molecule has 2 heterocycles. The Morgan fingerprint density at radius 1 is 1.10 bits per heavy atom. The van der Waals surface area contributed by atoms with Gasteiger partial charge in [-0.15, -0.1) is 0 Å². The molecule has 39 heavy (non-hydrogen) atoms. The highest BCUT2D eigenvalue weighted by Crippen LogP contribution is 2.38. The van der Waals surface area contributed by atoms with Crippen molar-refractivity contribution >= 4 is 68.9 Å². The first kappa shape index (κ1) is 26.5. The minimum Gasteiger partial charge on any atom is -0.378 e. The van der Waals surface area contributed by atoms with Gasteiger partial charge in [0.2, 0.25) is 0 Å². The molecule has 3 aromatic carbocycles. The number of morpholine rings is 1. The van der Waals surface area contributed by atoms with Crippen LogP contribution in [-0.2, 0) is 9.53 Å². The number of thioether (sulfide) groups is 1. The van der Waals surface area contributed by atoms with E-state index < -0.39 is 22.6 Å². The lowest BCUT2D eigenvalue weighted by Gasteiger charge is -2.30. The SMILES string of the molecule is O=C(Nc1ccc(F)cc1)c1cccc(N2C(=O)/C(=C\c3cc([N+](=O)[O-])ccc3N3CCOCC3)SC2=S)c1. The number of nitrogens with zero attached hydrogens (tertiary/aromatic N) is 3. The summed E-state index contributed by atoms with van der Waals surface area (Å²) in [7, 11) is 0. The molecule has 2 aliphatic rings. The number of carbonyl (C=O) groups excluding carboxylic acids is 2. The number of thiocarbonyl (C=S) groups is 1. The number of nitro benzene ring substituents is 1. The summed E-state index contributed by atoms with van der Waals surface area (Å²) in [6.45, 7) is 2.30. The van der Waals surface area contributed by atoms with Gasteiger partial charge < -0.3 is 15.0 Å². The molecule has 0 spiro atoms. The van der Waals surface area contributed by atoms with Crippen LogP contribution < -0.4 is 15.1 Å². The van der Waals surface area contributed by atoms with E-state index in [0.29, 0.717) is 48.1 Å². The van der Waals surface area contributed by atoms with E-state index in [-0.39, 0.29) is 15.6 Å². The highest BCUT2D eigenvalue weighted by molar-refractivity contribution is 8.27. The number of nitro groups is 1. The van der Waals surface area contributed by atoms with E-state index in [9.17, 15) is 24.1 Å². The summed E-state index contributed by atoms with van der Waals surface area (Å²) in [4.78, 5) is 40.9. The highest BCUT2D eigenvalue weighted by atomic mass is 32.2. The molecular weight excluding hydrogens is 543 g/mol. The first-order valence-corrected chi connectivity index (χ1v) is 13.1. The number of hydrogen-bond donors (Lipinski definition) is 1. The number of anilines is 3. The molecule has 2 saturated heterocycles. The van der Waals surface area contributed by atoms with Crippen molar-refractivity contribution in [3.05, 3.63) is 98.7 Å². The lowest BCUT2D eigenvalue weighted by atomic mass is 10.1. The third-order valence-electron chi connectivity index (χ3n) is 6.12. The largest absolute Gasteiger partial charge is 0.378 e. The summed E-state index contributed by atoms with van der Waals surface area (Å²) in [5, 5.41) is 14.1. The summed E-state index contributed by atoms with van der Waals surface area (Å²) in [5.74, 6) is -1.25. The molecule has 2 amide bonds. The second kappa shape index (κ2) is 11.3. The maximum atomic E-state index is 13.5. The fourth-order valence-electron chi connectivity index (χ4n) is 4.22. The molecule has 2 fully saturated rings. The molecule has 0 saturated carbocycles. The normalized spacial score (nSPS) is 16.6. The van der Waals surface area contributed by atoms with Gasteiger partial charge in [0.05, 0.1) is 28.7 Å². The zero-order valence-corrected chi connectivity index (χ0v) is 22.0. The molecule has 198 valence electrons. The van der Waals surface area contributed by atoms with Gasteiger partial charge in [-0.25, -0.2) is 4.39 Å². The van der Waals surface area contributed by atoms with Crippen molar-refractivity contribution in [2.75, 3.05) is 41.4 Å². The Hall–Kier alpha value is -4.13. The lowest BCUT2D eigenvalue weighted by Crippen LogP contribution is -2.36. The second-order valence-corrected chi connectivity index (χ2v) is 10.3. The van der Waals surface area contributed by atoms with Crippen LogP contribution in [0.1, 0.15) is 15.9 Å². The van der Waals surface area contributed by atoms with E-state index in [1.165, 1.54) is 41.3 Å². The summed E-state index contributed by atoms with van der Waals surface area (Å²) in [5.41, 5.74) is 2.30. The van der Waals surface area contributed by atoms with Crippen LogP contribution in [0.2, 0.25) is 0 Å². The van der Waals surface area contributed by atoms with Crippen LogP contribution in [0.4, 0.5) is 27.1 Å². The van der Waals surface area contributed by atoms with Crippen LogP contribution in [0, 0.1) is 15.9 Å². The van der Waals surface area contributed by atoms with E-state index in [1.807, 2.05) is 0 Å². The van der Waals surface area contributed by atoms with Crippen molar-refractivity contribution < 1.29 is 23.6 Å². The van der Waals surface area contributed by atoms with Crippen LogP contribution in [0.5, 0.6) is 0 Å². The Morgan fingerprint density at radius 3 is 2.56 bits per heavy atom. The second-order valence-electron chi connectivity index (χ2n) is 8.63. The summed E-state index contributed by atoms with van der Waals surface area (Å²) >= 11 is 6.58. The van der Waals surface area contributed by atoms with Crippen molar-refractivity contribution in [1.29, 1.82) is 0 Å². The summed E-state index contributed by atoms with van der Waals surface area (Å²) in [6.07, 6.45) is 1.61. The quantitative estimate of drug-likeness (QED) is 0.188. The molecule has 9 nitrogen and oxygen atoms in total. The van der Waals surface area contributed by atoms with Crippen molar-refractivity contribution in [3.8, 4) is 0 Å². The smallest absolute Gasteiger partial charge is 0.270 e. The Kier molecular flexibility index (Phi) is 7.68. The molecule has 0 unspecified atom stereocenters. The van der Waals surface area contributed by atoms with Gasteiger partial charge in [0.25, 0.3) is 17.5 Å². The predicted octanol–water partition coefficient (Wildman–Crippen LogP) is 5.23. The summed E-state index contributed by atoms with van der Waals surface area (Å²) in [6, 6.07) is 16.4. The zero-order valence-electron chi connectivity index (χ0n) is 20.3. The number of ether oxygens (including phenoxy) is 1. The number of nitrogens with one attached hydrogen (secondary N) is 1. The van der Waals surface area contributed by atoms with Gasteiger partial charge in [0.1, 0.15) is 5.82 Å². The first-order chi connectivity index (χ1) is 18.8. The Morgan fingerprint density at radius 2 is 1.85 bits per heavy atom. The van der Waals surface area contributed by atoms with Crippen LogP contribution in [0.15, 0.2) is 71.6 Å². The van der Waals surface area contributed by atoms with Crippen molar-refractivity contribution in [1.82, 2.24) is 0 Å². The average molecular weight is 565 g/mol. The maximum Gasteiger partial charge on any atom is 0.270 e. The fraction of sp³-hybridized carbons (Fsp3) is 0.148. The molecule has 5 rings (SSSR count). The van der Waals surface area contributed by atoms with Crippen LogP contribution >= 0.6 is 24.0 Å². The number of amides is 2. The Bertz CT molecular complexity index is 1510. The minimum absolute atomic E-state index is 0.0893. The van der Waals surface area contributed by atoms with E-state index in [2.05, 4.69) is 10.2 Å². The number of halogens is 1. The molecule has 2 aliphatic heterocycles. The Balaban J connectivity index is 1.42. The maximum absolute atomic E-state index is 13.5. The van der Waals surface area contributed by atoms with Crippen LogP contribution in [-0.4, -0.2) is 47.4 Å². The lowest BCUT2D eigenvalue weighted by molar-refractivity contribution is -0.384. The van der Waals surface area contributed by atoms with Gasteiger partial charge in [-0.2, -0.15) is 0 Å². The Labute approximate surface area is 232 Å². The standard InChI is InChI=1S/C27H21FN4O5S2/c28-19-4-6-20(7-5-19)29-25(33)17-2-1-3-21(14-17)31-26(34)24(39-27(31)38)16-18-15-22(32(35)36)8-9-23(18)30-10-12-37-13-11-30/h1-9,14-16H,10-13H2,(H,29,33)/b24-16+. The third-order valence-corrected chi connectivity index (χ3v) is 7.42. The van der Waals surface area contributed by atoms with Gasteiger partial charge in [0.15, 0.2) is 4.32 Å².